The number of likely N-dealkylation sites (tertiary alicyclic amines) is 1. The minimum atomic E-state index is -0.0225. The Bertz CT molecular complexity index is 562. The highest BCUT2D eigenvalue weighted by molar-refractivity contribution is 5.97. The first-order chi connectivity index (χ1) is 12.2. The quantitative estimate of drug-likeness (QED) is 0.808. The molecule has 1 saturated carbocycles. The lowest BCUT2D eigenvalue weighted by Gasteiger charge is -2.32. The average molecular weight is 343 g/mol. The fourth-order valence-electron chi connectivity index (χ4n) is 3.81. The summed E-state index contributed by atoms with van der Waals surface area (Å²) in [7, 11) is 0. The number of carbonyl (C=O) groups excluding carboxylic acids is 2. The van der Waals surface area contributed by atoms with E-state index in [9.17, 15) is 9.59 Å². The number of nitrogens with zero attached hydrogens (tertiary/aromatic N) is 1. The summed E-state index contributed by atoms with van der Waals surface area (Å²) < 4.78 is 0. The van der Waals surface area contributed by atoms with Gasteiger partial charge in [0.1, 0.15) is 0 Å². The van der Waals surface area contributed by atoms with Crippen LogP contribution in [0.25, 0.3) is 0 Å². The van der Waals surface area contributed by atoms with Crippen molar-refractivity contribution < 1.29 is 9.59 Å². The number of amides is 2. The van der Waals surface area contributed by atoms with Crippen LogP contribution >= 0.6 is 0 Å². The molecule has 1 aromatic carbocycles. The highest BCUT2D eigenvalue weighted by atomic mass is 16.2. The molecule has 136 valence electrons. The number of Topliss-reactive ketones (excluding diaryl/α,β-unsaturated/α-hetero) is 1. The molecule has 25 heavy (non-hydrogen) atoms. The lowest BCUT2D eigenvalue weighted by Crippen LogP contribution is -2.50. The van der Waals surface area contributed by atoms with Crippen molar-refractivity contribution in [1.29, 1.82) is 0 Å². The van der Waals surface area contributed by atoms with Crippen molar-refractivity contribution in [3.63, 3.8) is 0 Å². The number of urea groups is 1. The van der Waals surface area contributed by atoms with Gasteiger partial charge in [0.25, 0.3) is 0 Å². The Morgan fingerprint density at radius 3 is 2.12 bits per heavy atom. The molecule has 2 amide bonds. The molecule has 0 atom stereocenters. The summed E-state index contributed by atoms with van der Waals surface area (Å²) in [6.45, 7) is 2.17. The van der Waals surface area contributed by atoms with Crippen LogP contribution in [0.15, 0.2) is 30.3 Å². The highest BCUT2D eigenvalue weighted by Gasteiger charge is 2.23. The van der Waals surface area contributed by atoms with Crippen LogP contribution in [0.2, 0.25) is 0 Å². The molecule has 1 saturated heterocycles. The molecule has 2 fully saturated rings. The van der Waals surface area contributed by atoms with E-state index in [4.69, 9.17) is 0 Å². The number of nitrogens with one attached hydrogen (secondary N) is 2. The Labute approximate surface area is 150 Å². The van der Waals surface area contributed by atoms with Gasteiger partial charge in [0.15, 0.2) is 5.78 Å². The molecule has 5 nitrogen and oxygen atoms in total. The second-order valence-corrected chi connectivity index (χ2v) is 7.29. The third kappa shape index (κ3) is 5.56. The first kappa shape index (κ1) is 17.9. The Hall–Kier alpha value is -1.88. The number of ketones is 1. The molecule has 1 aromatic rings. The van der Waals surface area contributed by atoms with Gasteiger partial charge in [-0.05, 0) is 25.7 Å². The molecule has 0 spiro atoms. The van der Waals surface area contributed by atoms with Gasteiger partial charge in [-0.15, -0.1) is 0 Å². The third-order valence-electron chi connectivity index (χ3n) is 5.33. The molecular formula is C20H29N3O2. The molecule has 1 aliphatic heterocycles. The Kier molecular flexibility index (Phi) is 6.45. The molecule has 0 aromatic heterocycles. The van der Waals surface area contributed by atoms with E-state index in [1.807, 2.05) is 30.3 Å². The number of rotatable bonds is 5. The second kappa shape index (κ2) is 8.99. The van der Waals surface area contributed by atoms with Crippen LogP contribution in [0.4, 0.5) is 4.79 Å². The molecule has 1 heterocycles. The first-order valence-corrected chi connectivity index (χ1v) is 9.58. The molecule has 0 bridgehead atoms. The molecule has 2 aliphatic rings. The third-order valence-corrected chi connectivity index (χ3v) is 5.33. The molecule has 1 aliphatic carbocycles. The van der Waals surface area contributed by atoms with Crippen LogP contribution in [0.3, 0.4) is 0 Å². The minimum Gasteiger partial charge on any atom is -0.335 e. The van der Waals surface area contributed by atoms with Crippen molar-refractivity contribution in [3.05, 3.63) is 35.9 Å². The fourth-order valence-corrected chi connectivity index (χ4v) is 3.81. The van der Waals surface area contributed by atoms with Crippen LogP contribution in [-0.4, -0.2) is 48.4 Å². The Morgan fingerprint density at radius 2 is 1.48 bits per heavy atom. The van der Waals surface area contributed by atoms with Gasteiger partial charge < -0.3 is 10.6 Å². The predicted molar refractivity (Wildman–Crippen MR) is 98.8 cm³/mol. The van der Waals surface area contributed by atoms with E-state index in [2.05, 4.69) is 15.5 Å². The minimum absolute atomic E-state index is 0.0225. The summed E-state index contributed by atoms with van der Waals surface area (Å²) >= 11 is 0. The van der Waals surface area contributed by atoms with Crippen LogP contribution in [0, 0.1) is 0 Å². The van der Waals surface area contributed by atoms with E-state index < -0.39 is 0 Å². The van der Waals surface area contributed by atoms with E-state index in [1.54, 1.807) is 0 Å². The first-order valence-electron chi connectivity index (χ1n) is 9.58. The van der Waals surface area contributed by atoms with Crippen LogP contribution in [0.5, 0.6) is 0 Å². The van der Waals surface area contributed by atoms with Gasteiger partial charge in [-0.1, -0.05) is 49.6 Å². The van der Waals surface area contributed by atoms with Gasteiger partial charge in [-0.2, -0.15) is 0 Å². The summed E-state index contributed by atoms with van der Waals surface area (Å²) in [5.41, 5.74) is 0.773. The van der Waals surface area contributed by atoms with Crippen molar-refractivity contribution in [3.8, 4) is 0 Å². The molecule has 0 unspecified atom stereocenters. The Balaban J connectivity index is 1.36. The summed E-state index contributed by atoms with van der Waals surface area (Å²) in [5, 5.41) is 6.22. The molecule has 3 rings (SSSR count). The average Bonchev–Trinajstić information content (AvgIpc) is 2.65. The van der Waals surface area contributed by atoms with Gasteiger partial charge in [0.2, 0.25) is 0 Å². The molecule has 5 heteroatoms. The monoisotopic (exact) mass is 343 g/mol. The van der Waals surface area contributed by atoms with Gasteiger partial charge in [0, 0.05) is 30.7 Å². The zero-order valence-electron chi connectivity index (χ0n) is 14.9. The fraction of sp³-hybridized carbons (Fsp3) is 0.600. The summed E-state index contributed by atoms with van der Waals surface area (Å²) in [6, 6.07) is 9.99. The van der Waals surface area contributed by atoms with Crippen LogP contribution in [-0.2, 0) is 0 Å². The van der Waals surface area contributed by atoms with Crippen molar-refractivity contribution in [2.75, 3.05) is 19.6 Å². The van der Waals surface area contributed by atoms with E-state index in [1.165, 1.54) is 19.3 Å². The van der Waals surface area contributed by atoms with Gasteiger partial charge >= 0.3 is 6.03 Å². The summed E-state index contributed by atoms with van der Waals surface area (Å²) in [5.74, 6) is 0.169. The zero-order valence-corrected chi connectivity index (χ0v) is 14.9. The SMILES string of the molecule is O=C(NC1CCCCC1)NC1CCN(CC(=O)c2ccccc2)CC1. The molecular weight excluding hydrogens is 314 g/mol. The largest absolute Gasteiger partial charge is 0.335 e. The molecule has 0 radical (unpaired) electrons. The lowest BCUT2D eigenvalue weighted by molar-refractivity contribution is 0.0905. The number of piperidine rings is 1. The maximum Gasteiger partial charge on any atom is 0.315 e. The van der Waals surface area contributed by atoms with E-state index >= 15 is 0 Å². The van der Waals surface area contributed by atoms with Crippen LogP contribution in [0.1, 0.15) is 55.3 Å². The summed E-state index contributed by atoms with van der Waals surface area (Å²) in [4.78, 5) is 26.6. The smallest absolute Gasteiger partial charge is 0.315 e. The topological polar surface area (TPSA) is 61.4 Å². The van der Waals surface area contributed by atoms with Gasteiger partial charge in [0.05, 0.1) is 6.54 Å². The van der Waals surface area contributed by atoms with E-state index in [0.717, 1.165) is 44.3 Å². The maximum absolute atomic E-state index is 12.3. The van der Waals surface area contributed by atoms with E-state index in [0.29, 0.717) is 12.6 Å². The lowest BCUT2D eigenvalue weighted by atomic mass is 9.96. The highest BCUT2D eigenvalue weighted by Crippen LogP contribution is 2.17. The second-order valence-electron chi connectivity index (χ2n) is 7.29. The van der Waals surface area contributed by atoms with Crippen molar-refractivity contribution in [1.82, 2.24) is 15.5 Å². The summed E-state index contributed by atoms with van der Waals surface area (Å²) in [6.07, 6.45) is 7.75. The predicted octanol–water partition coefficient (Wildman–Crippen LogP) is 2.97. The zero-order chi connectivity index (χ0) is 17.5. The van der Waals surface area contributed by atoms with Crippen molar-refractivity contribution in [2.24, 2.45) is 0 Å². The van der Waals surface area contributed by atoms with E-state index in [-0.39, 0.29) is 17.9 Å². The number of carbonyl (C=O) groups is 2. The standard InChI is InChI=1S/C20H29N3O2/c24-19(16-7-3-1-4-8-16)15-23-13-11-18(12-14-23)22-20(25)21-17-9-5-2-6-10-17/h1,3-4,7-8,17-18H,2,5-6,9-15H2,(H2,21,22,25). The normalized spacial score (nSPS) is 20.2. The Morgan fingerprint density at radius 1 is 0.880 bits per heavy atom. The van der Waals surface area contributed by atoms with Crippen LogP contribution < -0.4 is 10.6 Å². The van der Waals surface area contributed by atoms with Gasteiger partial charge in [-0.3, -0.25) is 9.69 Å². The number of hydrogen-bond acceptors (Lipinski definition) is 3. The van der Waals surface area contributed by atoms with Gasteiger partial charge in [-0.25, -0.2) is 4.79 Å². The number of hydrogen-bond donors (Lipinski definition) is 2. The van der Waals surface area contributed by atoms with Crippen molar-refractivity contribution in [2.45, 2.75) is 57.0 Å². The number of benzene rings is 1. The molecule has 2 N–H and O–H groups in total. The maximum atomic E-state index is 12.3. The van der Waals surface area contributed by atoms with Crippen molar-refractivity contribution >= 4 is 11.8 Å².